The van der Waals surface area contributed by atoms with Crippen molar-refractivity contribution in [2.24, 2.45) is 10.4 Å². The van der Waals surface area contributed by atoms with E-state index in [4.69, 9.17) is 0 Å². The lowest BCUT2D eigenvalue weighted by Gasteiger charge is -2.29. The van der Waals surface area contributed by atoms with Crippen LogP contribution in [0.2, 0.25) is 0 Å². The average Bonchev–Trinajstić information content (AvgIpc) is 2.34. The molecule has 3 nitrogen and oxygen atoms in total. The third kappa shape index (κ3) is 1.20. The number of carbonyl (C=O) groups excluding carboxylic acids is 1. The summed E-state index contributed by atoms with van der Waals surface area (Å²) in [7, 11) is 0. The molecule has 0 bridgehead atoms. The largest absolute Gasteiger partial charge is 0.316 e. The molecule has 1 saturated heterocycles. The van der Waals surface area contributed by atoms with Crippen LogP contribution in [0.5, 0.6) is 0 Å². The fraction of sp³-hybridized carbons (Fsp3) is 0.750. The highest BCUT2D eigenvalue weighted by Crippen LogP contribution is 2.31. The van der Waals surface area contributed by atoms with Gasteiger partial charge in [-0.05, 0) is 19.4 Å². The second-order valence-corrected chi connectivity index (χ2v) is 3.47. The average molecular weight is 152 g/mol. The standard InChI is InChI=1S/C8H12N2O/c11-7-4-8(6-10-7)2-1-3-9-5-8/h6,9H,1-5H2/t8-/m1/s1. The molecule has 0 aromatic heterocycles. The first kappa shape index (κ1) is 6.98. The lowest BCUT2D eigenvalue weighted by molar-refractivity contribution is -0.118. The molecule has 0 saturated carbocycles. The van der Waals surface area contributed by atoms with E-state index in [1.807, 2.05) is 6.21 Å². The van der Waals surface area contributed by atoms with Gasteiger partial charge in [-0.2, -0.15) is 0 Å². The summed E-state index contributed by atoms with van der Waals surface area (Å²) in [5, 5.41) is 3.29. The maximum Gasteiger partial charge on any atom is 0.246 e. The molecular formula is C8H12N2O. The summed E-state index contributed by atoms with van der Waals surface area (Å²) in [4.78, 5) is 14.7. The monoisotopic (exact) mass is 152 g/mol. The number of nitrogens with one attached hydrogen (secondary N) is 1. The Morgan fingerprint density at radius 1 is 1.64 bits per heavy atom. The third-order valence-corrected chi connectivity index (χ3v) is 2.49. The molecule has 1 amide bonds. The van der Waals surface area contributed by atoms with Gasteiger partial charge in [-0.15, -0.1) is 0 Å². The van der Waals surface area contributed by atoms with Gasteiger partial charge < -0.3 is 5.32 Å². The van der Waals surface area contributed by atoms with Crippen molar-refractivity contribution in [3.05, 3.63) is 0 Å². The maximum absolute atomic E-state index is 10.9. The van der Waals surface area contributed by atoms with E-state index in [0.29, 0.717) is 6.42 Å². The quantitative estimate of drug-likeness (QED) is 0.544. The Morgan fingerprint density at radius 3 is 3.09 bits per heavy atom. The zero-order valence-corrected chi connectivity index (χ0v) is 6.47. The Bertz CT molecular complexity index is 204. The van der Waals surface area contributed by atoms with Crippen molar-refractivity contribution >= 4 is 12.1 Å². The normalized spacial score (nSPS) is 36.9. The van der Waals surface area contributed by atoms with E-state index in [2.05, 4.69) is 10.3 Å². The minimum absolute atomic E-state index is 0.0497. The van der Waals surface area contributed by atoms with Crippen LogP contribution >= 0.6 is 0 Å². The van der Waals surface area contributed by atoms with Crippen LogP contribution < -0.4 is 5.32 Å². The van der Waals surface area contributed by atoms with Crippen LogP contribution in [-0.4, -0.2) is 25.2 Å². The van der Waals surface area contributed by atoms with Gasteiger partial charge in [-0.25, -0.2) is 4.99 Å². The molecule has 1 fully saturated rings. The number of hydrogen-bond donors (Lipinski definition) is 1. The number of piperidine rings is 1. The predicted octanol–water partition coefficient (Wildman–Crippen LogP) is 0.357. The number of hydrogen-bond acceptors (Lipinski definition) is 2. The minimum atomic E-state index is 0.0497. The number of rotatable bonds is 0. The zero-order chi connectivity index (χ0) is 7.73. The van der Waals surface area contributed by atoms with Crippen LogP contribution in [0, 0.1) is 5.41 Å². The summed E-state index contributed by atoms with van der Waals surface area (Å²) in [6.45, 7) is 2.02. The van der Waals surface area contributed by atoms with Crippen LogP contribution in [0.15, 0.2) is 4.99 Å². The van der Waals surface area contributed by atoms with Gasteiger partial charge >= 0.3 is 0 Å². The van der Waals surface area contributed by atoms with Gasteiger partial charge in [0.1, 0.15) is 0 Å². The Labute approximate surface area is 65.9 Å². The second-order valence-electron chi connectivity index (χ2n) is 3.47. The first-order valence-corrected chi connectivity index (χ1v) is 4.10. The van der Waals surface area contributed by atoms with E-state index in [1.165, 1.54) is 6.42 Å². The van der Waals surface area contributed by atoms with Gasteiger partial charge in [0.25, 0.3) is 0 Å². The van der Waals surface area contributed by atoms with Crippen molar-refractivity contribution in [3.8, 4) is 0 Å². The summed E-state index contributed by atoms with van der Waals surface area (Å²) in [5.41, 5.74) is 0.0926. The topological polar surface area (TPSA) is 41.5 Å². The summed E-state index contributed by atoms with van der Waals surface area (Å²) < 4.78 is 0. The summed E-state index contributed by atoms with van der Waals surface area (Å²) in [6, 6.07) is 0. The highest BCUT2D eigenvalue weighted by atomic mass is 16.1. The van der Waals surface area contributed by atoms with E-state index in [9.17, 15) is 4.79 Å². The second kappa shape index (κ2) is 2.41. The fourth-order valence-electron chi connectivity index (χ4n) is 1.85. The van der Waals surface area contributed by atoms with Crippen molar-refractivity contribution in [2.75, 3.05) is 13.1 Å². The van der Waals surface area contributed by atoms with E-state index in [0.717, 1.165) is 19.5 Å². The van der Waals surface area contributed by atoms with Crippen LogP contribution in [0.3, 0.4) is 0 Å². The number of aliphatic imine (C=N–C) groups is 1. The first-order chi connectivity index (χ1) is 5.31. The van der Waals surface area contributed by atoms with E-state index in [-0.39, 0.29) is 11.3 Å². The molecule has 0 unspecified atom stereocenters. The fourth-order valence-corrected chi connectivity index (χ4v) is 1.85. The predicted molar refractivity (Wildman–Crippen MR) is 42.7 cm³/mol. The first-order valence-electron chi connectivity index (χ1n) is 4.10. The van der Waals surface area contributed by atoms with E-state index in [1.54, 1.807) is 0 Å². The highest BCUT2D eigenvalue weighted by Gasteiger charge is 2.36. The Morgan fingerprint density at radius 2 is 2.55 bits per heavy atom. The van der Waals surface area contributed by atoms with Gasteiger partial charge in [0, 0.05) is 24.6 Å². The van der Waals surface area contributed by atoms with Crippen LogP contribution in [0.1, 0.15) is 19.3 Å². The molecule has 11 heavy (non-hydrogen) atoms. The molecule has 0 aromatic carbocycles. The van der Waals surface area contributed by atoms with Crippen molar-refractivity contribution < 1.29 is 4.79 Å². The van der Waals surface area contributed by atoms with Gasteiger partial charge in [-0.1, -0.05) is 0 Å². The molecule has 1 N–H and O–H groups in total. The Balaban J connectivity index is 2.10. The van der Waals surface area contributed by atoms with Crippen LogP contribution in [-0.2, 0) is 4.79 Å². The SMILES string of the molecule is O=C1C[C@]2(C=N1)CCCNC2. The number of amides is 1. The summed E-state index contributed by atoms with van der Waals surface area (Å²) >= 11 is 0. The van der Waals surface area contributed by atoms with E-state index < -0.39 is 0 Å². The third-order valence-electron chi connectivity index (χ3n) is 2.49. The lowest BCUT2D eigenvalue weighted by Crippen LogP contribution is -2.40. The molecule has 1 atom stereocenters. The minimum Gasteiger partial charge on any atom is -0.316 e. The van der Waals surface area contributed by atoms with Gasteiger partial charge in [0.15, 0.2) is 0 Å². The van der Waals surface area contributed by atoms with E-state index >= 15 is 0 Å². The molecule has 2 rings (SSSR count). The molecule has 2 aliphatic rings. The van der Waals surface area contributed by atoms with Crippen LogP contribution in [0.4, 0.5) is 0 Å². The molecule has 2 heterocycles. The number of nitrogens with zero attached hydrogens (tertiary/aromatic N) is 1. The number of carbonyl (C=O) groups is 1. The maximum atomic E-state index is 10.9. The molecule has 0 aromatic rings. The lowest BCUT2D eigenvalue weighted by atomic mass is 9.80. The molecule has 60 valence electrons. The molecule has 0 aliphatic carbocycles. The van der Waals surface area contributed by atoms with Gasteiger partial charge in [0.05, 0.1) is 0 Å². The van der Waals surface area contributed by atoms with Crippen molar-refractivity contribution in [3.63, 3.8) is 0 Å². The summed E-state index contributed by atoms with van der Waals surface area (Å²) in [6.07, 6.45) is 4.76. The summed E-state index contributed by atoms with van der Waals surface area (Å²) in [5.74, 6) is 0.0497. The molecule has 2 aliphatic heterocycles. The van der Waals surface area contributed by atoms with Crippen molar-refractivity contribution in [1.82, 2.24) is 5.32 Å². The Kier molecular flexibility index (Phi) is 1.53. The molecule has 3 heteroatoms. The van der Waals surface area contributed by atoms with Gasteiger partial charge in [0.2, 0.25) is 5.91 Å². The van der Waals surface area contributed by atoms with Crippen LogP contribution in [0.25, 0.3) is 0 Å². The molecular weight excluding hydrogens is 140 g/mol. The molecule has 0 radical (unpaired) electrons. The zero-order valence-electron chi connectivity index (χ0n) is 6.47. The van der Waals surface area contributed by atoms with Crippen molar-refractivity contribution in [2.45, 2.75) is 19.3 Å². The molecule has 1 spiro atoms. The van der Waals surface area contributed by atoms with Crippen molar-refractivity contribution in [1.29, 1.82) is 0 Å². The Hall–Kier alpha value is -0.700. The van der Waals surface area contributed by atoms with Gasteiger partial charge in [-0.3, -0.25) is 4.79 Å². The highest BCUT2D eigenvalue weighted by molar-refractivity contribution is 5.95. The smallest absolute Gasteiger partial charge is 0.246 e.